The van der Waals surface area contributed by atoms with Gasteiger partial charge in [0.25, 0.3) is 0 Å². The molecule has 7 aliphatic heterocycles. The first-order chi connectivity index (χ1) is 56.5. The average Bonchev–Trinajstić information content (AvgIpc) is 1.67. The predicted octanol–water partition coefficient (Wildman–Crippen LogP) is 18.2. The standard InChI is InChI=1S/C32H44N4O3.2C31H42N4O3/c1-3-25-9-10-30(39-25)29-20-27(33-22-23-11-16-36(17-12-23)24-7-8-24)26-19-31(37-2)32(21-28(26)34-29)38-18-6-15-35-13-4-5-14-35;1-4-24-10-11-29(38-24)28-19-26(32-21-16-22-8-9-23(17-21)34(22)2)25-18-30(36-3)31(20-27(25)33-28)37-15-7-14-35-12-5-6-13-35;1-3-24-9-10-29(38-24)28-20-26(32-22-11-16-35(17-12-22)23-7-8-23)25-19-30(36-2)31(21-27(25)33-28)37-18-6-15-34-13-4-5-14-34/h9-10,19-21,23-24H,3-8,11-18,22H2,1-2H3,(H,33,34);10-11,18-23H,4-9,12-17H2,1-3H3,(H,32,33);9-10,19-23H,3-8,11-18H2,1-2H3,(H,32,33). The third kappa shape index (κ3) is 20.3. The lowest BCUT2D eigenvalue weighted by molar-refractivity contribution is 0.169. The molecule has 2 atom stereocenters. The van der Waals surface area contributed by atoms with E-state index in [1.54, 1.807) is 21.3 Å². The summed E-state index contributed by atoms with van der Waals surface area (Å²) < 4.78 is 54.5. The number of pyridine rings is 3. The zero-order valence-electron chi connectivity index (χ0n) is 69.9. The molecule has 0 spiro atoms. The molecule has 18 rings (SSSR count). The van der Waals surface area contributed by atoms with E-state index in [1.807, 2.05) is 54.6 Å². The lowest BCUT2D eigenvalue weighted by Gasteiger charge is -2.37. The highest BCUT2D eigenvalue weighted by Crippen LogP contribution is 2.44. The van der Waals surface area contributed by atoms with Crippen LogP contribution in [0, 0.1) is 5.92 Å². The molecule has 2 bridgehead atoms. The van der Waals surface area contributed by atoms with E-state index >= 15 is 0 Å². The number of benzene rings is 3. The van der Waals surface area contributed by atoms with E-state index in [0.29, 0.717) is 49.9 Å². The first-order valence-corrected chi connectivity index (χ1v) is 44.4. The Morgan fingerprint density at radius 3 is 1.09 bits per heavy atom. The van der Waals surface area contributed by atoms with Gasteiger partial charge in [0.2, 0.25) is 0 Å². The van der Waals surface area contributed by atoms with Crippen LogP contribution in [-0.2, 0) is 19.3 Å². The van der Waals surface area contributed by atoms with Crippen LogP contribution in [0.2, 0.25) is 0 Å². The number of furan rings is 3. The summed E-state index contributed by atoms with van der Waals surface area (Å²) in [6.07, 6.45) is 28.9. The number of likely N-dealkylation sites (tertiary alicyclic amines) is 5. The molecule has 115 heavy (non-hydrogen) atoms. The van der Waals surface area contributed by atoms with Crippen LogP contribution in [0.4, 0.5) is 17.1 Å². The molecule has 6 aromatic heterocycles. The Balaban J connectivity index is 0.000000130. The van der Waals surface area contributed by atoms with Gasteiger partial charge in [-0.3, -0.25) is 0 Å². The highest BCUT2D eigenvalue weighted by atomic mass is 16.5. The third-order valence-electron chi connectivity index (χ3n) is 26.0. The number of piperidine rings is 3. The fourth-order valence-electron chi connectivity index (χ4n) is 18.9. The molecule has 2 aliphatic carbocycles. The topological polar surface area (TPSA) is 189 Å². The molecule has 9 fully saturated rings. The van der Waals surface area contributed by atoms with Crippen LogP contribution in [0.3, 0.4) is 0 Å². The number of hydrogen-bond donors (Lipinski definition) is 3. The fourth-order valence-corrected chi connectivity index (χ4v) is 18.9. The van der Waals surface area contributed by atoms with Crippen molar-refractivity contribution in [2.45, 2.75) is 211 Å². The number of hydrogen-bond acceptors (Lipinski definition) is 21. The minimum atomic E-state index is 0.442. The summed E-state index contributed by atoms with van der Waals surface area (Å²) in [7, 11) is 7.45. The number of aryl methyl sites for hydroxylation is 3. The van der Waals surface area contributed by atoms with Gasteiger partial charge in [0.05, 0.1) is 57.7 Å². The van der Waals surface area contributed by atoms with Crippen LogP contribution in [0.25, 0.3) is 67.1 Å². The second-order valence-electron chi connectivity index (χ2n) is 34.0. The Morgan fingerprint density at radius 2 is 0.730 bits per heavy atom. The van der Waals surface area contributed by atoms with Crippen molar-refractivity contribution < 1.29 is 41.7 Å². The van der Waals surface area contributed by atoms with E-state index in [2.05, 4.69) is 110 Å². The molecule has 3 aromatic carbocycles. The Hall–Kier alpha value is -8.31. The van der Waals surface area contributed by atoms with E-state index in [-0.39, 0.29) is 0 Å². The largest absolute Gasteiger partial charge is 0.493 e. The van der Waals surface area contributed by atoms with Crippen molar-refractivity contribution in [2.75, 3.05) is 156 Å². The normalized spacial score (nSPS) is 20.7. The Labute approximate surface area is 682 Å². The first-order valence-electron chi connectivity index (χ1n) is 44.4. The molecule has 21 nitrogen and oxygen atoms in total. The Morgan fingerprint density at radius 1 is 0.383 bits per heavy atom. The molecule has 2 saturated carbocycles. The van der Waals surface area contributed by atoms with Crippen LogP contribution in [0.5, 0.6) is 34.5 Å². The van der Waals surface area contributed by atoms with Crippen LogP contribution < -0.4 is 44.4 Å². The molecule has 0 radical (unpaired) electrons. The van der Waals surface area contributed by atoms with Crippen LogP contribution >= 0.6 is 0 Å². The maximum absolute atomic E-state index is 6.26. The number of methoxy groups -OCH3 is 3. The number of fused-ring (bicyclic) bond motifs is 5. The van der Waals surface area contributed by atoms with Gasteiger partial charge in [0.15, 0.2) is 51.8 Å². The summed E-state index contributed by atoms with van der Waals surface area (Å²) in [6.45, 7) is 24.7. The van der Waals surface area contributed by atoms with E-state index in [9.17, 15) is 0 Å². The van der Waals surface area contributed by atoms with Gasteiger partial charge >= 0.3 is 0 Å². The van der Waals surface area contributed by atoms with E-state index in [0.717, 1.165) is 226 Å². The summed E-state index contributed by atoms with van der Waals surface area (Å²) in [5.41, 5.74) is 8.47. The van der Waals surface area contributed by atoms with Crippen molar-refractivity contribution in [1.82, 2.24) is 44.4 Å². The maximum Gasteiger partial charge on any atom is 0.163 e. The van der Waals surface area contributed by atoms with E-state index in [4.69, 9.17) is 56.6 Å². The van der Waals surface area contributed by atoms with E-state index in [1.165, 1.54) is 168 Å². The predicted molar refractivity (Wildman–Crippen MR) is 462 cm³/mol. The van der Waals surface area contributed by atoms with Gasteiger partial charge in [-0.05, 0) is 273 Å². The molecular weight excluding hydrogens is 1440 g/mol. The van der Waals surface area contributed by atoms with Crippen molar-refractivity contribution in [3.8, 4) is 68.9 Å². The quantitative estimate of drug-likeness (QED) is 0.0329. The molecule has 21 heteroatoms. The number of ether oxygens (including phenoxy) is 6. The average molecular weight is 1570 g/mol. The Kier molecular flexibility index (Phi) is 26.9. The highest BCUT2D eigenvalue weighted by Gasteiger charge is 2.39. The number of nitrogens with zero attached hydrogens (tertiary/aromatic N) is 9. The minimum absolute atomic E-state index is 0.442. The van der Waals surface area contributed by atoms with Gasteiger partial charge in [-0.15, -0.1) is 0 Å². The third-order valence-corrected chi connectivity index (χ3v) is 26.0. The van der Waals surface area contributed by atoms with Crippen molar-refractivity contribution >= 4 is 49.8 Å². The zero-order chi connectivity index (χ0) is 78.6. The van der Waals surface area contributed by atoms with Crippen molar-refractivity contribution in [2.24, 2.45) is 5.92 Å². The number of rotatable bonds is 33. The van der Waals surface area contributed by atoms with Gasteiger partial charge < -0.3 is 87.0 Å². The molecule has 618 valence electrons. The van der Waals surface area contributed by atoms with Crippen LogP contribution in [0.15, 0.2) is 104 Å². The van der Waals surface area contributed by atoms with Gasteiger partial charge in [0, 0.05) is 146 Å². The Bertz CT molecular complexity index is 4620. The summed E-state index contributed by atoms with van der Waals surface area (Å²) in [6, 6.07) is 35.0. The molecule has 3 N–H and O–H groups in total. The molecule has 9 aromatic rings. The second kappa shape index (κ2) is 38.4. The van der Waals surface area contributed by atoms with Crippen molar-refractivity contribution in [1.29, 1.82) is 0 Å². The lowest BCUT2D eigenvalue weighted by atomic mass is 9.96. The molecular formula is C94H128N12O9. The van der Waals surface area contributed by atoms with Crippen molar-refractivity contribution in [3.63, 3.8) is 0 Å². The number of aromatic nitrogens is 3. The fraction of sp³-hybridized carbons (Fsp3) is 0.585. The van der Waals surface area contributed by atoms with Crippen LogP contribution in [-0.4, -0.2) is 220 Å². The second-order valence-corrected chi connectivity index (χ2v) is 34.0. The molecule has 9 aliphatic rings. The van der Waals surface area contributed by atoms with Crippen LogP contribution in [0.1, 0.15) is 173 Å². The van der Waals surface area contributed by atoms with Gasteiger partial charge in [-0.2, -0.15) is 0 Å². The monoisotopic (exact) mass is 1570 g/mol. The van der Waals surface area contributed by atoms with E-state index < -0.39 is 0 Å². The summed E-state index contributed by atoms with van der Waals surface area (Å²) in [4.78, 5) is 30.6. The lowest BCUT2D eigenvalue weighted by Crippen LogP contribution is -2.44. The summed E-state index contributed by atoms with van der Waals surface area (Å²) in [5.74, 6) is 10.5. The molecule has 7 saturated heterocycles. The smallest absolute Gasteiger partial charge is 0.163 e. The first kappa shape index (κ1) is 80.5. The number of anilines is 3. The molecule has 2 unspecified atom stereocenters. The van der Waals surface area contributed by atoms with Crippen molar-refractivity contribution in [3.05, 3.63) is 108 Å². The minimum Gasteiger partial charge on any atom is -0.493 e. The molecule has 0 amide bonds. The van der Waals surface area contributed by atoms with Gasteiger partial charge in [-0.25, -0.2) is 15.0 Å². The van der Waals surface area contributed by atoms with Gasteiger partial charge in [0.1, 0.15) is 34.4 Å². The summed E-state index contributed by atoms with van der Waals surface area (Å²) >= 11 is 0. The summed E-state index contributed by atoms with van der Waals surface area (Å²) in [5, 5.41) is 14.8. The highest BCUT2D eigenvalue weighted by molar-refractivity contribution is 5.98. The molecule has 13 heterocycles. The zero-order valence-corrected chi connectivity index (χ0v) is 69.9. The maximum atomic E-state index is 6.26. The SMILES string of the molecule is CCc1ccc(-c2cc(NC3CC4CCC(C3)N4C)c3cc(OC)c(OCCCN4CCCC4)cc3n2)o1.CCc1ccc(-c2cc(NC3CCN(C4CC4)CC3)c3cc(OC)c(OCCCN4CCCC4)cc3n2)o1.CCc1ccc(-c2cc(NCC3CCN(C4CC4)CC3)c3cc(OC)c(OCCCN4CCCC4)cc3n2)o1. The number of nitrogens with one attached hydrogen (secondary N) is 3. The van der Waals surface area contributed by atoms with Gasteiger partial charge in [-0.1, -0.05) is 20.8 Å².